The Balaban J connectivity index is 1.07. The van der Waals surface area contributed by atoms with Crippen molar-refractivity contribution in [2.45, 2.75) is 57.2 Å². The average Bonchev–Trinajstić information content (AvgIpc) is 3.33. The normalized spacial score (nSPS) is 34.5. The molecule has 26 heavy (non-hydrogen) atoms. The fraction of sp³-hybridized carbons (Fsp3) is 0.739. The van der Waals surface area contributed by atoms with Gasteiger partial charge in [0, 0.05) is 44.8 Å². The molecule has 0 radical (unpaired) electrons. The lowest BCUT2D eigenvalue weighted by Gasteiger charge is -2.45. The second-order valence-corrected chi connectivity index (χ2v) is 9.31. The number of benzene rings is 1. The molecule has 0 amide bonds. The molecule has 2 saturated carbocycles. The van der Waals surface area contributed by atoms with Crippen LogP contribution in [0.5, 0.6) is 0 Å². The van der Waals surface area contributed by atoms with E-state index in [1.165, 1.54) is 76.9 Å². The molecule has 2 saturated heterocycles. The van der Waals surface area contributed by atoms with Crippen LogP contribution in [0.2, 0.25) is 0 Å². The van der Waals surface area contributed by atoms with Crippen molar-refractivity contribution in [2.24, 2.45) is 11.8 Å². The highest BCUT2D eigenvalue weighted by Crippen LogP contribution is 2.46. The van der Waals surface area contributed by atoms with Crippen LogP contribution in [0, 0.1) is 11.8 Å². The number of piperidine rings is 1. The molecule has 142 valence electrons. The van der Waals surface area contributed by atoms with E-state index in [1.807, 2.05) is 0 Å². The van der Waals surface area contributed by atoms with Gasteiger partial charge in [0.2, 0.25) is 0 Å². The highest BCUT2D eigenvalue weighted by Gasteiger charge is 2.43. The summed E-state index contributed by atoms with van der Waals surface area (Å²) in [5.74, 6) is 2.13. The van der Waals surface area contributed by atoms with Gasteiger partial charge in [-0.15, -0.1) is 0 Å². The van der Waals surface area contributed by atoms with Crippen molar-refractivity contribution in [2.75, 3.05) is 39.3 Å². The topological polar surface area (TPSA) is 9.72 Å². The average molecular weight is 354 g/mol. The molecule has 2 bridgehead atoms. The number of fused-ring (bicyclic) bond motifs is 2. The van der Waals surface area contributed by atoms with Crippen LogP contribution in [0.3, 0.4) is 0 Å². The van der Waals surface area contributed by atoms with Crippen LogP contribution >= 0.6 is 0 Å². The predicted octanol–water partition coefficient (Wildman–Crippen LogP) is 3.46. The fourth-order valence-electron chi connectivity index (χ4n) is 6.38. The molecule has 2 aliphatic carbocycles. The summed E-state index contributed by atoms with van der Waals surface area (Å²) in [7, 11) is 0. The fourth-order valence-corrected chi connectivity index (χ4v) is 6.38. The lowest BCUT2D eigenvalue weighted by molar-refractivity contribution is 0.0296. The molecule has 0 unspecified atom stereocenters. The summed E-state index contributed by atoms with van der Waals surface area (Å²) in [6, 6.07) is 12.8. The Morgan fingerprint density at radius 1 is 0.731 bits per heavy atom. The zero-order chi connectivity index (χ0) is 17.3. The third-order valence-electron chi connectivity index (χ3n) is 7.84. The first-order chi connectivity index (χ1) is 12.8. The van der Waals surface area contributed by atoms with Crippen LogP contribution in [-0.4, -0.2) is 66.1 Å². The molecule has 4 fully saturated rings. The monoisotopic (exact) mass is 353 g/mol. The van der Waals surface area contributed by atoms with E-state index in [0.717, 1.165) is 30.5 Å². The lowest BCUT2D eigenvalue weighted by atomic mass is 9.93. The molecular weight excluding hydrogens is 318 g/mol. The zero-order valence-corrected chi connectivity index (χ0v) is 16.2. The van der Waals surface area contributed by atoms with Crippen LogP contribution in [-0.2, 0) is 6.54 Å². The van der Waals surface area contributed by atoms with E-state index in [2.05, 4.69) is 45.0 Å². The van der Waals surface area contributed by atoms with Gasteiger partial charge >= 0.3 is 0 Å². The van der Waals surface area contributed by atoms with Crippen molar-refractivity contribution in [1.29, 1.82) is 0 Å². The summed E-state index contributed by atoms with van der Waals surface area (Å²) >= 11 is 0. The molecule has 0 spiro atoms. The van der Waals surface area contributed by atoms with Crippen LogP contribution in [0.4, 0.5) is 0 Å². The highest BCUT2D eigenvalue weighted by atomic mass is 15.3. The number of rotatable bonds is 4. The van der Waals surface area contributed by atoms with E-state index in [0.29, 0.717) is 0 Å². The number of likely N-dealkylation sites (tertiary alicyclic amines) is 1. The summed E-state index contributed by atoms with van der Waals surface area (Å²) in [5.41, 5.74) is 1.46. The van der Waals surface area contributed by atoms with Gasteiger partial charge in [-0.25, -0.2) is 0 Å². The number of hydrogen-bond donors (Lipinski definition) is 0. The van der Waals surface area contributed by atoms with Crippen molar-refractivity contribution >= 4 is 0 Å². The SMILES string of the molecule is c1ccc(CN2CCC(N3CCN([C@@H]4C[C@@H]5CC[C@@H]4C5)CC3)CC2)cc1. The van der Waals surface area contributed by atoms with Gasteiger partial charge in [0.05, 0.1) is 0 Å². The highest BCUT2D eigenvalue weighted by molar-refractivity contribution is 5.14. The first kappa shape index (κ1) is 17.2. The molecule has 3 heteroatoms. The van der Waals surface area contributed by atoms with E-state index >= 15 is 0 Å². The second-order valence-electron chi connectivity index (χ2n) is 9.31. The first-order valence-electron chi connectivity index (χ1n) is 11.1. The van der Waals surface area contributed by atoms with Crippen LogP contribution in [0.15, 0.2) is 30.3 Å². The van der Waals surface area contributed by atoms with E-state index in [-0.39, 0.29) is 0 Å². The molecule has 4 aliphatic rings. The van der Waals surface area contributed by atoms with E-state index in [1.54, 1.807) is 6.42 Å². The minimum absolute atomic E-state index is 0.837. The molecule has 1 aromatic carbocycles. The molecule has 3 nitrogen and oxygen atoms in total. The van der Waals surface area contributed by atoms with Gasteiger partial charge in [-0.2, -0.15) is 0 Å². The smallest absolute Gasteiger partial charge is 0.0233 e. The summed E-state index contributed by atoms with van der Waals surface area (Å²) in [6.45, 7) is 8.97. The molecule has 5 rings (SSSR count). The van der Waals surface area contributed by atoms with Crippen molar-refractivity contribution in [1.82, 2.24) is 14.7 Å². The Hall–Kier alpha value is -0.900. The van der Waals surface area contributed by atoms with Gasteiger partial charge in [-0.1, -0.05) is 36.8 Å². The molecule has 2 aliphatic heterocycles. The number of piperazine rings is 1. The summed E-state index contributed by atoms with van der Waals surface area (Å²) in [6.07, 6.45) is 8.84. The summed E-state index contributed by atoms with van der Waals surface area (Å²) in [5, 5.41) is 0. The first-order valence-corrected chi connectivity index (χ1v) is 11.1. The largest absolute Gasteiger partial charge is 0.299 e. The summed E-state index contributed by atoms with van der Waals surface area (Å²) < 4.78 is 0. The lowest BCUT2D eigenvalue weighted by Crippen LogP contribution is -2.55. The molecule has 2 heterocycles. The molecule has 1 aromatic rings. The van der Waals surface area contributed by atoms with Crippen molar-refractivity contribution in [3.05, 3.63) is 35.9 Å². The Bertz CT molecular complexity index is 572. The van der Waals surface area contributed by atoms with E-state index < -0.39 is 0 Å². The Kier molecular flexibility index (Phi) is 5.04. The van der Waals surface area contributed by atoms with Gasteiger partial charge in [0.25, 0.3) is 0 Å². The van der Waals surface area contributed by atoms with Gasteiger partial charge in [0.15, 0.2) is 0 Å². The third kappa shape index (κ3) is 3.58. The minimum atomic E-state index is 0.837. The maximum atomic E-state index is 2.87. The minimum Gasteiger partial charge on any atom is -0.299 e. The van der Waals surface area contributed by atoms with Gasteiger partial charge in [0.1, 0.15) is 0 Å². The van der Waals surface area contributed by atoms with Gasteiger partial charge in [-0.3, -0.25) is 14.7 Å². The van der Waals surface area contributed by atoms with Crippen molar-refractivity contribution < 1.29 is 0 Å². The summed E-state index contributed by atoms with van der Waals surface area (Å²) in [4.78, 5) is 8.34. The van der Waals surface area contributed by atoms with Crippen LogP contribution < -0.4 is 0 Å². The maximum absolute atomic E-state index is 2.87. The van der Waals surface area contributed by atoms with Crippen LogP contribution in [0.1, 0.15) is 44.1 Å². The predicted molar refractivity (Wildman–Crippen MR) is 107 cm³/mol. The van der Waals surface area contributed by atoms with E-state index in [9.17, 15) is 0 Å². The maximum Gasteiger partial charge on any atom is 0.0233 e. The molecule has 3 atom stereocenters. The van der Waals surface area contributed by atoms with E-state index in [4.69, 9.17) is 0 Å². The third-order valence-corrected chi connectivity index (χ3v) is 7.84. The van der Waals surface area contributed by atoms with Crippen LogP contribution in [0.25, 0.3) is 0 Å². The standard InChI is InChI=1S/C23H35N3/c1-2-4-19(5-3-1)18-24-10-8-22(9-11-24)25-12-14-26(15-13-25)23-17-20-6-7-21(23)16-20/h1-5,20-23H,6-18H2/t20-,21-,23-/m1/s1. The molecule has 0 aromatic heterocycles. The molecular formula is C23H35N3. The van der Waals surface area contributed by atoms with Gasteiger partial charge in [-0.05, 0) is 62.6 Å². The number of nitrogens with zero attached hydrogens (tertiary/aromatic N) is 3. The van der Waals surface area contributed by atoms with Crippen molar-refractivity contribution in [3.63, 3.8) is 0 Å². The number of hydrogen-bond acceptors (Lipinski definition) is 3. The van der Waals surface area contributed by atoms with Crippen molar-refractivity contribution in [3.8, 4) is 0 Å². The quantitative estimate of drug-likeness (QED) is 0.821. The zero-order valence-electron chi connectivity index (χ0n) is 16.2. The second kappa shape index (κ2) is 7.61. The Morgan fingerprint density at radius 3 is 2.12 bits per heavy atom. The van der Waals surface area contributed by atoms with Gasteiger partial charge < -0.3 is 0 Å². The Morgan fingerprint density at radius 2 is 1.46 bits per heavy atom. The Labute approximate surface area is 159 Å². The molecule has 0 N–H and O–H groups in total.